The van der Waals surface area contributed by atoms with Gasteiger partial charge in [-0.25, -0.2) is 0 Å². The van der Waals surface area contributed by atoms with Crippen LogP contribution in [0, 0.1) is 26.2 Å². The Kier molecular flexibility index (Phi) is 4.37. The molecule has 0 radical (unpaired) electrons. The van der Waals surface area contributed by atoms with Gasteiger partial charge in [-0.3, -0.25) is 10.4 Å². The minimum atomic E-state index is 0.547. The van der Waals surface area contributed by atoms with Gasteiger partial charge in [-0.15, -0.1) is 0 Å². The quantitative estimate of drug-likeness (QED) is 0.755. The van der Waals surface area contributed by atoms with Crippen molar-refractivity contribution in [3.63, 3.8) is 0 Å². The van der Waals surface area contributed by atoms with E-state index in [0.29, 0.717) is 5.71 Å². The SMILES string of the molecule is CC(C)=Nc1ccccc1C(=N)c1c(C)cc(C)cc1C. The van der Waals surface area contributed by atoms with Gasteiger partial charge in [0.1, 0.15) is 0 Å². The Morgan fingerprint density at radius 3 is 2.10 bits per heavy atom. The van der Waals surface area contributed by atoms with Crippen molar-refractivity contribution in [1.29, 1.82) is 5.41 Å². The molecule has 0 aliphatic rings. The van der Waals surface area contributed by atoms with Crippen LogP contribution < -0.4 is 0 Å². The molecule has 0 heterocycles. The van der Waals surface area contributed by atoms with Crippen LogP contribution in [0.1, 0.15) is 41.7 Å². The molecule has 0 bridgehead atoms. The van der Waals surface area contributed by atoms with E-state index in [1.54, 1.807) is 0 Å². The molecule has 0 saturated heterocycles. The fourth-order valence-corrected chi connectivity index (χ4v) is 2.73. The summed E-state index contributed by atoms with van der Waals surface area (Å²) in [5, 5.41) is 8.64. The first-order chi connectivity index (χ1) is 9.90. The Bertz CT molecular complexity index is 697. The first kappa shape index (κ1) is 15.2. The van der Waals surface area contributed by atoms with E-state index in [9.17, 15) is 0 Å². The normalized spacial score (nSPS) is 10.3. The number of hydrogen-bond acceptors (Lipinski definition) is 2. The number of aryl methyl sites for hydroxylation is 3. The minimum Gasteiger partial charge on any atom is -0.300 e. The van der Waals surface area contributed by atoms with Gasteiger partial charge in [0.2, 0.25) is 0 Å². The molecule has 0 fully saturated rings. The summed E-state index contributed by atoms with van der Waals surface area (Å²) < 4.78 is 0. The van der Waals surface area contributed by atoms with E-state index >= 15 is 0 Å². The van der Waals surface area contributed by atoms with Gasteiger partial charge in [0.25, 0.3) is 0 Å². The lowest BCUT2D eigenvalue weighted by Gasteiger charge is -2.14. The molecule has 0 amide bonds. The highest BCUT2D eigenvalue weighted by Gasteiger charge is 2.14. The molecule has 2 aromatic carbocycles. The average molecular weight is 278 g/mol. The van der Waals surface area contributed by atoms with Crippen molar-refractivity contribution in [3.8, 4) is 0 Å². The lowest BCUT2D eigenvalue weighted by atomic mass is 9.92. The summed E-state index contributed by atoms with van der Waals surface area (Å²) in [5.74, 6) is 0. The fraction of sp³-hybridized carbons (Fsp3) is 0.263. The van der Waals surface area contributed by atoms with Gasteiger partial charge >= 0.3 is 0 Å². The van der Waals surface area contributed by atoms with E-state index in [2.05, 4.69) is 37.9 Å². The monoisotopic (exact) mass is 278 g/mol. The van der Waals surface area contributed by atoms with Crippen LogP contribution in [0.4, 0.5) is 5.69 Å². The molecule has 0 aromatic heterocycles. The van der Waals surface area contributed by atoms with Gasteiger partial charge in [0.15, 0.2) is 0 Å². The third-order valence-electron chi connectivity index (χ3n) is 3.44. The molecule has 0 aliphatic heterocycles. The van der Waals surface area contributed by atoms with Gasteiger partial charge in [-0.05, 0) is 51.8 Å². The highest BCUT2D eigenvalue weighted by molar-refractivity contribution is 6.15. The maximum Gasteiger partial charge on any atom is 0.0722 e. The van der Waals surface area contributed by atoms with E-state index in [-0.39, 0.29) is 0 Å². The van der Waals surface area contributed by atoms with E-state index < -0.39 is 0 Å². The Morgan fingerprint density at radius 1 is 0.952 bits per heavy atom. The second kappa shape index (κ2) is 6.04. The van der Waals surface area contributed by atoms with Crippen molar-refractivity contribution < 1.29 is 0 Å². The largest absolute Gasteiger partial charge is 0.300 e. The van der Waals surface area contributed by atoms with Gasteiger partial charge in [-0.2, -0.15) is 0 Å². The molecule has 0 atom stereocenters. The number of hydrogen-bond donors (Lipinski definition) is 1. The van der Waals surface area contributed by atoms with Gasteiger partial charge in [0.05, 0.1) is 11.4 Å². The van der Waals surface area contributed by atoms with Crippen LogP contribution in [-0.4, -0.2) is 11.4 Å². The fourth-order valence-electron chi connectivity index (χ4n) is 2.73. The molecular weight excluding hydrogens is 256 g/mol. The number of nitrogens with one attached hydrogen (secondary N) is 1. The zero-order chi connectivity index (χ0) is 15.6. The topological polar surface area (TPSA) is 36.2 Å². The predicted octanol–water partition coefficient (Wildman–Crippen LogP) is 5.14. The first-order valence-corrected chi connectivity index (χ1v) is 7.18. The molecule has 108 valence electrons. The van der Waals surface area contributed by atoms with E-state index in [0.717, 1.165) is 33.7 Å². The Labute approximate surface area is 127 Å². The third-order valence-corrected chi connectivity index (χ3v) is 3.44. The van der Waals surface area contributed by atoms with Crippen molar-refractivity contribution in [3.05, 3.63) is 64.2 Å². The van der Waals surface area contributed by atoms with Crippen molar-refractivity contribution in [2.45, 2.75) is 34.6 Å². The molecule has 2 heteroatoms. The molecule has 0 aliphatic carbocycles. The van der Waals surface area contributed by atoms with Crippen LogP contribution in [0.15, 0.2) is 41.4 Å². The van der Waals surface area contributed by atoms with Gasteiger partial charge in [-0.1, -0.05) is 35.9 Å². The summed E-state index contributed by atoms with van der Waals surface area (Å²) in [5.41, 5.74) is 7.82. The van der Waals surface area contributed by atoms with Crippen molar-refractivity contribution in [2.75, 3.05) is 0 Å². The predicted molar refractivity (Wildman–Crippen MR) is 91.5 cm³/mol. The summed E-state index contributed by atoms with van der Waals surface area (Å²) in [6, 6.07) is 12.1. The molecule has 0 spiro atoms. The Balaban J connectivity index is 2.59. The van der Waals surface area contributed by atoms with E-state index in [4.69, 9.17) is 5.41 Å². The summed E-state index contributed by atoms with van der Waals surface area (Å²) >= 11 is 0. The Hall–Kier alpha value is -2.22. The zero-order valence-electron chi connectivity index (χ0n) is 13.4. The number of benzene rings is 2. The lowest BCUT2D eigenvalue weighted by Crippen LogP contribution is -2.07. The average Bonchev–Trinajstić information content (AvgIpc) is 2.37. The summed E-state index contributed by atoms with van der Waals surface area (Å²) in [4.78, 5) is 4.56. The molecule has 0 saturated carbocycles. The second-order valence-corrected chi connectivity index (χ2v) is 5.72. The highest BCUT2D eigenvalue weighted by atomic mass is 14.7. The van der Waals surface area contributed by atoms with E-state index in [1.807, 2.05) is 38.1 Å². The van der Waals surface area contributed by atoms with E-state index in [1.165, 1.54) is 5.56 Å². The third kappa shape index (κ3) is 3.27. The zero-order valence-corrected chi connectivity index (χ0v) is 13.4. The van der Waals surface area contributed by atoms with Crippen LogP contribution in [0.5, 0.6) is 0 Å². The van der Waals surface area contributed by atoms with Crippen molar-refractivity contribution in [2.24, 2.45) is 4.99 Å². The molecule has 2 rings (SSSR count). The standard InChI is InChI=1S/C19H22N2/c1-12(2)21-17-9-7-6-8-16(17)19(20)18-14(4)10-13(3)11-15(18)5/h6-11,20H,1-5H3. The molecule has 0 unspecified atom stereocenters. The van der Waals surface area contributed by atoms with Crippen LogP contribution in [0.3, 0.4) is 0 Å². The number of nitrogens with zero attached hydrogens (tertiary/aromatic N) is 1. The van der Waals surface area contributed by atoms with Gasteiger partial charge < -0.3 is 0 Å². The molecular formula is C19H22N2. The summed E-state index contributed by atoms with van der Waals surface area (Å²) in [6.07, 6.45) is 0. The Morgan fingerprint density at radius 2 is 1.52 bits per heavy atom. The van der Waals surface area contributed by atoms with Crippen LogP contribution in [0.2, 0.25) is 0 Å². The first-order valence-electron chi connectivity index (χ1n) is 7.18. The molecule has 2 aromatic rings. The summed E-state index contributed by atoms with van der Waals surface area (Å²) in [7, 11) is 0. The maximum atomic E-state index is 8.64. The molecule has 21 heavy (non-hydrogen) atoms. The highest BCUT2D eigenvalue weighted by Crippen LogP contribution is 2.26. The smallest absolute Gasteiger partial charge is 0.0722 e. The van der Waals surface area contributed by atoms with Gasteiger partial charge in [0, 0.05) is 16.8 Å². The molecule has 1 N–H and O–H groups in total. The number of rotatable bonds is 3. The van der Waals surface area contributed by atoms with Crippen LogP contribution in [0.25, 0.3) is 0 Å². The van der Waals surface area contributed by atoms with Crippen LogP contribution >= 0.6 is 0 Å². The van der Waals surface area contributed by atoms with Crippen molar-refractivity contribution >= 4 is 17.1 Å². The van der Waals surface area contributed by atoms with Crippen molar-refractivity contribution in [1.82, 2.24) is 0 Å². The lowest BCUT2D eigenvalue weighted by molar-refractivity contribution is 1.28. The number of aliphatic imine (C=N–C) groups is 1. The maximum absolute atomic E-state index is 8.64. The second-order valence-electron chi connectivity index (χ2n) is 5.72. The number of para-hydroxylation sites is 1. The summed E-state index contributed by atoms with van der Waals surface area (Å²) in [6.45, 7) is 10.2. The van der Waals surface area contributed by atoms with Crippen LogP contribution in [-0.2, 0) is 0 Å². The molecule has 2 nitrogen and oxygen atoms in total. The minimum absolute atomic E-state index is 0.547.